The molecule has 1 aromatic rings. The van der Waals surface area contributed by atoms with Gasteiger partial charge in [0, 0.05) is 23.8 Å². The van der Waals surface area contributed by atoms with Crippen LogP contribution in [0.5, 0.6) is 0 Å². The van der Waals surface area contributed by atoms with Crippen molar-refractivity contribution in [3.63, 3.8) is 0 Å². The summed E-state index contributed by atoms with van der Waals surface area (Å²) in [7, 11) is 0. The number of benzene rings is 1. The molecule has 1 aromatic carbocycles. The van der Waals surface area contributed by atoms with Crippen molar-refractivity contribution in [3.05, 3.63) is 29.3 Å². The van der Waals surface area contributed by atoms with Gasteiger partial charge in [0.05, 0.1) is 0 Å². The highest BCUT2D eigenvalue weighted by Crippen LogP contribution is 2.26. The Balaban J connectivity index is 1.43. The first kappa shape index (κ1) is 18.2. The quantitative estimate of drug-likeness (QED) is 0.624. The Morgan fingerprint density at radius 1 is 1.12 bits per heavy atom. The van der Waals surface area contributed by atoms with E-state index in [1.165, 1.54) is 32.4 Å². The third-order valence-electron chi connectivity index (χ3n) is 5.06. The molecular weight excluding hydrogens is 338 g/mol. The minimum Gasteiger partial charge on any atom is -0.355 e. The summed E-state index contributed by atoms with van der Waals surface area (Å²) in [6.45, 7) is 4.58. The topological polar surface area (TPSA) is 52.7 Å². The number of hydrogen-bond donors (Lipinski definition) is 1. The number of piperidine rings is 1. The third-order valence-corrected chi connectivity index (χ3v) is 5.31. The van der Waals surface area contributed by atoms with Crippen molar-refractivity contribution < 1.29 is 9.59 Å². The van der Waals surface area contributed by atoms with Crippen molar-refractivity contribution in [2.75, 3.05) is 37.6 Å². The molecule has 0 aromatic heterocycles. The zero-order valence-corrected chi connectivity index (χ0v) is 15.3. The van der Waals surface area contributed by atoms with Crippen LogP contribution in [0.4, 0.5) is 5.69 Å². The summed E-state index contributed by atoms with van der Waals surface area (Å²) in [6.07, 6.45) is 5.40. The zero-order valence-electron chi connectivity index (χ0n) is 14.5. The van der Waals surface area contributed by atoms with Gasteiger partial charge < -0.3 is 15.1 Å². The predicted molar refractivity (Wildman–Crippen MR) is 99.8 cm³/mol. The lowest BCUT2D eigenvalue weighted by Crippen LogP contribution is -2.38. The Bertz CT molecular complexity index is 599. The molecule has 1 atom stereocenters. The van der Waals surface area contributed by atoms with Gasteiger partial charge in [-0.3, -0.25) is 9.59 Å². The van der Waals surface area contributed by atoms with Crippen molar-refractivity contribution in [2.45, 2.75) is 32.1 Å². The molecule has 25 heavy (non-hydrogen) atoms. The van der Waals surface area contributed by atoms with E-state index < -0.39 is 5.92 Å². The molecule has 0 spiro atoms. The van der Waals surface area contributed by atoms with Gasteiger partial charge in [-0.25, -0.2) is 0 Å². The van der Waals surface area contributed by atoms with Crippen molar-refractivity contribution in [1.82, 2.24) is 10.2 Å². The van der Waals surface area contributed by atoms with E-state index in [0.29, 0.717) is 24.5 Å². The first-order valence-corrected chi connectivity index (χ1v) is 9.60. The summed E-state index contributed by atoms with van der Waals surface area (Å²) in [5.41, 5.74) is 0.801. The molecule has 2 heterocycles. The van der Waals surface area contributed by atoms with E-state index in [1.807, 2.05) is 12.1 Å². The normalized spacial score (nSPS) is 21.6. The van der Waals surface area contributed by atoms with Crippen LogP contribution in [0.3, 0.4) is 0 Å². The average molecular weight is 364 g/mol. The Morgan fingerprint density at radius 3 is 2.56 bits per heavy atom. The number of carbonyl (C=O) groups excluding carboxylic acids is 2. The molecule has 2 aliphatic heterocycles. The predicted octanol–water partition coefficient (Wildman–Crippen LogP) is 2.69. The van der Waals surface area contributed by atoms with Crippen molar-refractivity contribution in [2.24, 2.45) is 5.92 Å². The summed E-state index contributed by atoms with van der Waals surface area (Å²) in [6, 6.07) is 7.16. The summed E-state index contributed by atoms with van der Waals surface area (Å²) in [5.74, 6) is -0.818. The second-order valence-electron chi connectivity index (χ2n) is 6.85. The number of likely N-dealkylation sites (tertiary alicyclic amines) is 1. The lowest BCUT2D eigenvalue weighted by atomic mass is 10.1. The lowest BCUT2D eigenvalue weighted by Gasteiger charge is -2.26. The number of nitrogens with one attached hydrogen (secondary N) is 1. The van der Waals surface area contributed by atoms with Crippen LogP contribution in [0, 0.1) is 5.92 Å². The van der Waals surface area contributed by atoms with Crippen molar-refractivity contribution in [3.8, 4) is 0 Å². The van der Waals surface area contributed by atoms with Crippen LogP contribution < -0.4 is 10.2 Å². The molecule has 0 bridgehead atoms. The van der Waals surface area contributed by atoms with Gasteiger partial charge in [0.1, 0.15) is 5.92 Å². The van der Waals surface area contributed by atoms with Crippen LogP contribution in [0.25, 0.3) is 0 Å². The molecule has 0 unspecified atom stereocenters. The third kappa shape index (κ3) is 4.73. The highest BCUT2D eigenvalue weighted by atomic mass is 35.5. The minimum atomic E-state index is -0.564. The molecular formula is C19H26ClN3O2. The first-order valence-electron chi connectivity index (χ1n) is 9.22. The number of nitrogens with zero attached hydrogens (tertiary/aromatic N) is 2. The number of anilines is 1. The molecule has 2 fully saturated rings. The van der Waals surface area contributed by atoms with Gasteiger partial charge in [-0.2, -0.15) is 0 Å². The summed E-state index contributed by atoms with van der Waals surface area (Å²) < 4.78 is 0. The molecule has 136 valence electrons. The molecule has 5 nitrogen and oxygen atoms in total. The van der Waals surface area contributed by atoms with Gasteiger partial charge in [-0.1, -0.05) is 18.0 Å². The molecule has 1 N–H and O–H groups in total. The molecule has 3 rings (SSSR count). The number of hydrogen-bond acceptors (Lipinski definition) is 3. The van der Waals surface area contributed by atoms with Gasteiger partial charge in [0.15, 0.2) is 0 Å². The Labute approximate surface area is 154 Å². The summed E-state index contributed by atoms with van der Waals surface area (Å²) in [4.78, 5) is 29.0. The van der Waals surface area contributed by atoms with Gasteiger partial charge in [-0.15, -0.1) is 0 Å². The van der Waals surface area contributed by atoms with Crippen LogP contribution in [0.1, 0.15) is 32.1 Å². The maximum atomic E-state index is 12.5. The van der Waals surface area contributed by atoms with E-state index in [0.717, 1.165) is 18.7 Å². The van der Waals surface area contributed by atoms with Gasteiger partial charge in [0.25, 0.3) is 0 Å². The van der Waals surface area contributed by atoms with E-state index in [4.69, 9.17) is 11.6 Å². The standard InChI is InChI=1S/C19H26ClN3O2/c20-15-5-7-16(8-6-15)23-14-9-17(19(23)25)18(24)21-10-4-13-22-11-2-1-3-12-22/h5-8,17H,1-4,9-14H2,(H,21,24)/t17-/m1/s1. The SMILES string of the molecule is O=C(NCCCN1CCCCC1)[C@H]1CCN(c2ccc(Cl)cc2)C1=O. The van der Waals surface area contributed by atoms with E-state index >= 15 is 0 Å². The Morgan fingerprint density at radius 2 is 1.84 bits per heavy atom. The van der Waals surface area contributed by atoms with Crippen molar-refractivity contribution >= 4 is 29.1 Å². The van der Waals surface area contributed by atoms with E-state index in [1.54, 1.807) is 17.0 Å². The average Bonchev–Trinajstić information content (AvgIpc) is 3.02. The van der Waals surface area contributed by atoms with E-state index in [2.05, 4.69) is 10.2 Å². The van der Waals surface area contributed by atoms with Crippen LogP contribution in [-0.4, -0.2) is 49.4 Å². The maximum Gasteiger partial charge on any atom is 0.239 e. The molecule has 2 aliphatic rings. The molecule has 2 saturated heterocycles. The van der Waals surface area contributed by atoms with Crippen LogP contribution in [0.15, 0.2) is 24.3 Å². The summed E-state index contributed by atoms with van der Waals surface area (Å²) >= 11 is 5.89. The number of carbonyl (C=O) groups is 2. The van der Waals surface area contributed by atoms with Gasteiger partial charge in [0.2, 0.25) is 11.8 Å². The molecule has 0 saturated carbocycles. The highest BCUT2D eigenvalue weighted by Gasteiger charge is 2.37. The smallest absolute Gasteiger partial charge is 0.239 e. The van der Waals surface area contributed by atoms with E-state index in [-0.39, 0.29) is 11.8 Å². The minimum absolute atomic E-state index is 0.115. The van der Waals surface area contributed by atoms with Crippen molar-refractivity contribution in [1.29, 1.82) is 0 Å². The monoisotopic (exact) mass is 363 g/mol. The summed E-state index contributed by atoms with van der Waals surface area (Å²) in [5, 5.41) is 3.58. The molecule has 6 heteroatoms. The molecule has 2 amide bonds. The van der Waals surface area contributed by atoms with Crippen LogP contribution >= 0.6 is 11.6 Å². The Hall–Kier alpha value is -1.59. The fourth-order valence-corrected chi connectivity index (χ4v) is 3.75. The molecule has 0 radical (unpaired) electrons. The first-order chi connectivity index (χ1) is 12.1. The number of rotatable bonds is 6. The van der Waals surface area contributed by atoms with Crippen LogP contribution in [-0.2, 0) is 9.59 Å². The second kappa shape index (κ2) is 8.68. The van der Waals surface area contributed by atoms with Crippen LogP contribution in [0.2, 0.25) is 5.02 Å². The zero-order chi connectivity index (χ0) is 17.6. The number of halogens is 1. The lowest BCUT2D eigenvalue weighted by molar-refractivity contribution is -0.132. The second-order valence-corrected chi connectivity index (χ2v) is 7.29. The van der Waals surface area contributed by atoms with Gasteiger partial charge in [-0.05, 0) is 69.6 Å². The van der Waals surface area contributed by atoms with E-state index in [9.17, 15) is 9.59 Å². The number of amides is 2. The Kier molecular flexibility index (Phi) is 6.32. The molecule has 0 aliphatic carbocycles. The maximum absolute atomic E-state index is 12.5. The highest BCUT2D eigenvalue weighted by molar-refractivity contribution is 6.30. The fraction of sp³-hybridized carbons (Fsp3) is 0.579. The fourth-order valence-electron chi connectivity index (χ4n) is 3.62. The largest absolute Gasteiger partial charge is 0.355 e. The van der Waals surface area contributed by atoms with Gasteiger partial charge >= 0.3 is 0 Å².